The summed E-state index contributed by atoms with van der Waals surface area (Å²) >= 11 is 17.8. The lowest BCUT2D eigenvalue weighted by molar-refractivity contribution is 0.104. The van der Waals surface area contributed by atoms with E-state index < -0.39 is 0 Å². The SMILES string of the molecule is O=C(c1ccc(Cl)c(Cl)c1)c1c[nH]c2ccc(Cl)cc12. The summed E-state index contributed by atoms with van der Waals surface area (Å²) in [6.45, 7) is 0. The molecule has 2 nitrogen and oxygen atoms in total. The van der Waals surface area contributed by atoms with Crippen LogP contribution in [0.1, 0.15) is 15.9 Å². The summed E-state index contributed by atoms with van der Waals surface area (Å²) in [5.41, 5.74) is 1.90. The molecule has 1 N–H and O–H groups in total. The number of H-pyrrole nitrogens is 1. The van der Waals surface area contributed by atoms with Crippen LogP contribution in [-0.2, 0) is 0 Å². The van der Waals surface area contributed by atoms with E-state index in [1.165, 1.54) is 0 Å². The molecule has 0 aliphatic heterocycles. The number of rotatable bonds is 2. The Bertz CT molecular complexity index is 823. The number of benzene rings is 2. The van der Waals surface area contributed by atoms with E-state index in [4.69, 9.17) is 34.8 Å². The van der Waals surface area contributed by atoms with Gasteiger partial charge in [0.25, 0.3) is 0 Å². The van der Waals surface area contributed by atoms with Crippen LogP contribution in [0.2, 0.25) is 15.1 Å². The molecule has 0 bridgehead atoms. The summed E-state index contributed by atoms with van der Waals surface area (Å²) in [6, 6.07) is 10.2. The number of halogens is 3. The second-order valence-electron chi connectivity index (χ2n) is 4.35. The van der Waals surface area contributed by atoms with Gasteiger partial charge >= 0.3 is 0 Å². The first-order chi connectivity index (χ1) is 9.56. The fourth-order valence-corrected chi connectivity index (χ4v) is 2.54. The molecule has 3 rings (SSSR count). The summed E-state index contributed by atoms with van der Waals surface area (Å²) in [7, 11) is 0. The lowest BCUT2D eigenvalue weighted by Crippen LogP contribution is -2.00. The molecular formula is C15H8Cl3NO. The highest BCUT2D eigenvalue weighted by molar-refractivity contribution is 6.42. The second-order valence-corrected chi connectivity index (χ2v) is 5.60. The molecule has 20 heavy (non-hydrogen) atoms. The molecule has 0 aliphatic rings. The lowest BCUT2D eigenvalue weighted by atomic mass is 10.0. The van der Waals surface area contributed by atoms with Crippen LogP contribution in [-0.4, -0.2) is 10.8 Å². The van der Waals surface area contributed by atoms with Gasteiger partial charge in [-0.15, -0.1) is 0 Å². The Morgan fingerprint density at radius 1 is 0.950 bits per heavy atom. The minimum Gasteiger partial charge on any atom is -0.360 e. The van der Waals surface area contributed by atoms with Gasteiger partial charge in [0, 0.05) is 33.2 Å². The number of carbonyl (C=O) groups excluding carboxylic acids is 1. The third-order valence-corrected chi connectivity index (χ3v) is 4.04. The van der Waals surface area contributed by atoms with Crippen LogP contribution >= 0.6 is 34.8 Å². The molecule has 2 aromatic carbocycles. The zero-order valence-corrected chi connectivity index (χ0v) is 12.4. The highest BCUT2D eigenvalue weighted by atomic mass is 35.5. The Balaban J connectivity index is 2.12. The number of ketones is 1. The van der Waals surface area contributed by atoms with Crippen LogP contribution in [0.15, 0.2) is 42.6 Å². The Morgan fingerprint density at radius 2 is 1.75 bits per heavy atom. The Labute approximate surface area is 130 Å². The number of fused-ring (bicyclic) bond motifs is 1. The molecule has 0 aliphatic carbocycles. The van der Waals surface area contributed by atoms with Crippen LogP contribution in [0.4, 0.5) is 0 Å². The monoisotopic (exact) mass is 323 g/mol. The van der Waals surface area contributed by atoms with Crippen LogP contribution in [0, 0.1) is 0 Å². The van der Waals surface area contributed by atoms with Crippen molar-refractivity contribution in [3.05, 3.63) is 68.8 Å². The molecule has 3 aromatic rings. The Hall–Kier alpha value is -1.48. The van der Waals surface area contributed by atoms with Crippen molar-refractivity contribution in [3.8, 4) is 0 Å². The van der Waals surface area contributed by atoms with Gasteiger partial charge < -0.3 is 4.98 Å². The third-order valence-electron chi connectivity index (χ3n) is 3.07. The maximum atomic E-state index is 12.5. The zero-order chi connectivity index (χ0) is 14.3. The molecule has 5 heteroatoms. The van der Waals surface area contributed by atoms with Crippen LogP contribution < -0.4 is 0 Å². The highest BCUT2D eigenvalue weighted by Gasteiger charge is 2.15. The molecule has 0 unspecified atom stereocenters. The van der Waals surface area contributed by atoms with Crippen molar-refractivity contribution >= 4 is 51.5 Å². The van der Waals surface area contributed by atoms with Crippen LogP contribution in [0.5, 0.6) is 0 Å². The quantitative estimate of drug-likeness (QED) is 0.632. The first-order valence-electron chi connectivity index (χ1n) is 5.82. The van der Waals surface area contributed by atoms with E-state index >= 15 is 0 Å². The highest BCUT2D eigenvalue weighted by Crippen LogP contribution is 2.27. The van der Waals surface area contributed by atoms with E-state index in [2.05, 4.69) is 4.98 Å². The molecule has 1 heterocycles. The van der Waals surface area contributed by atoms with Crippen molar-refractivity contribution in [2.24, 2.45) is 0 Å². The predicted molar refractivity (Wildman–Crippen MR) is 83.2 cm³/mol. The zero-order valence-electron chi connectivity index (χ0n) is 10.1. The first kappa shape index (κ1) is 13.5. The molecule has 0 saturated heterocycles. The van der Waals surface area contributed by atoms with Gasteiger partial charge in [0.15, 0.2) is 5.78 Å². The molecular weight excluding hydrogens is 317 g/mol. The number of nitrogens with one attached hydrogen (secondary N) is 1. The molecule has 0 amide bonds. The van der Waals surface area contributed by atoms with Crippen molar-refractivity contribution in [2.75, 3.05) is 0 Å². The molecule has 0 saturated carbocycles. The molecule has 0 atom stereocenters. The van der Waals surface area contributed by atoms with Gasteiger partial charge in [0.1, 0.15) is 0 Å². The predicted octanol–water partition coefficient (Wildman–Crippen LogP) is 5.36. The smallest absolute Gasteiger partial charge is 0.195 e. The lowest BCUT2D eigenvalue weighted by Gasteiger charge is -2.02. The third kappa shape index (κ3) is 2.31. The van der Waals surface area contributed by atoms with E-state index in [0.29, 0.717) is 26.2 Å². The molecule has 1 aromatic heterocycles. The average Bonchev–Trinajstić information content (AvgIpc) is 2.84. The maximum Gasteiger partial charge on any atom is 0.195 e. The fraction of sp³-hybridized carbons (Fsp3) is 0. The summed E-state index contributed by atoms with van der Waals surface area (Å²) in [5.74, 6) is -0.128. The van der Waals surface area contributed by atoms with Gasteiger partial charge in [-0.25, -0.2) is 0 Å². The van der Waals surface area contributed by atoms with Crippen molar-refractivity contribution in [1.29, 1.82) is 0 Å². The first-order valence-corrected chi connectivity index (χ1v) is 6.96. The normalized spacial score (nSPS) is 10.9. The van der Waals surface area contributed by atoms with E-state index in [0.717, 1.165) is 10.9 Å². The van der Waals surface area contributed by atoms with Crippen LogP contribution in [0.25, 0.3) is 10.9 Å². The Morgan fingerprint density at radius 3 is 2.50 bits per heavy atom. The van der Waals surface area contributed by atoms with Gasteiger partial charge in [-0.3, -0.25) is 4.79 Å². The van der Waals surface area contributed by atoms with E-state index in [1.807, 2.05) is 6.07 Å². The number of aromatic amines is 1. The van der Waals surface area contributed by atoms with Crippen molar-refractivity contribution in [2.45, 2.75) is 0 Å². The number of hydrogen-bond donors (Lipinski definition) is 1. The number of hydrogen-bond acceptors (Lipinski definition) is 1. The fourth-order valence-electron chi connectivity index (χ4n) is 2.07. The number of aromatic nitrogens is 1. The van der Waals surface area contributed by atoms with Gasteiger partial charge in [-0.1, -0.05) is 34.8 Å². The van der Waals surface area contributed by atoms with Crippen molar-refractivity contribution in [3.63, 3.8) is 0 Å². The van der Waals surface area contributed by atoms with E-state index in [-0.39, 0.29) is 5.78 Å². The number of carbonyl (C=O) groups is 1. The summed E-state index contributed by atoms with van der Waals surface area (Å²) in [6.07, 6.45) is 1.67. The van der Waals surface area contributed by atoms with Crippen LogP contribution in [0.3, 0.4) is 0 Å². The largest absolute Gasteiger partial charge is 0.360 e. The standard InChI is InChI=1S/C15H8Cl3NO/c16-9-2-4-14-10(6-9)11(7-19-14)15(20)8-1-3-12(17)13(18)5-8/h1-7,19H. The van der Waals surface area contributed by atoms with E-state index in [9.17, 15) is 4.79 Å². The molecule has 0 radical (unpaired) electrons. The second kappa shape index (κ2) is 5.13. The topological polar surface area (TPSA) is 32.9 Å². The average molecular weight is 325 g/mol. The summed E-state index contributed by atoms with van der Waals surface area (Å²) < 4.78 is 0. The van der Waals surface area contributed by atoms with E-state index in [1.54, 1.807) is 36.5 Å². The summed E-state index contributed by atoms with van der Waals surface area (Å²) in [5, 5.41) is 2.15. The van der Waals surface area contributed by atoms with Gasteiger partial charge in [0.05, 0.1) is 10.0 Å². The summed E-state index contributed by atoms with van der Waals surface area (Å²) in [4.78, 5) is 15.6. The molecule has 0 fully saturated rings. The van der Waals surface area contributed by atoms with Crippen molar-refractivity contribution in [1.82, 2.24) is 4.98 Å². The van der Waals surface area contributed by atoms with Crippen molar-refractivity contribution < 1.29 is 4.79 Å². The maximum absolute atomic E-state index is 12.5. The Kier molecular flexibility index (Phi) is 3.47. The minimum absolute atomic E-state index is 0.128. The molecule has 0 spiro atoms. The minimum atomic E-state index is -0.128. The van der Waals surface area contributed by atoms with Gasteiger partial charge in [-0.2, -0.15) is 0 Å². The van der Waals surface area contributed by atoms with Gasteiger partial charge in [0.2, 0.25) is 0 Å². The van der Waals surface area contributed by atoms with Gasteiger partial charge in [-0.05, 0) is 36.4 Å². The molecule has 100 valence electrons.